The van der Waals surface area contributed by atoms with Gasteiger partial charge in [0, 0.05) is 7.11 Å². The van der Waals surface area contributed by atoms with Crippen LogP contribution >= 0.6 is 0 Å². The molecule has 5 nitrogen and oxygen atoms in total. The Morgan fingerprint density at radius 1 is 1.19 bits per heavy atom. The van der Waals surface area contributed by atoms with Crippen molar-refractivity contribution in [2.24, 2.45) is 5.84 Å². The van der Waals surface area contributed by atoms with Crippen molar-refractivity contribution in [1.82, 2.24) is 5.43 Å². The lowest BCUT2D eigenvalue weighted by molar-refractivity contribution is 0.164. The van der Waals surface area contributed by atoms with E-state index in [0.717, 1.165) is 17.1 Å². The molecule has 1 rings (SSSR count). The third kappa shape index (κ3) is 2.63. The van der Waals surface area contributed by atoms with Gasteiger partial charge in [-0.1, -0.05) is 6.07 Å². The molecule has 0 amide bonds. The number of rotatable bonds is 6. The molecule has 1 aromatic carbocycles. The smallest absolute Gasteiger partial charge is 0.127 e. The predicted molar refractivity (Wildman–Crippen MR) is 61.5 cm³/mol. The van der Waals surface area contributed by atoms with E-state index in [2.05, 4.69) is 5.43 Å². The van der Waals surface area contributed by atoms with Crippen molar-refractivity contribution in [3.63, 3.8) is 0 Å². The van der Waals surface area contributed by atoms with E-state index in [1.165, 1.54) is 0 Å². The quantitative estimate of drug-likeness (QED) is 0.556. The highest BCUT2D eigenvalue weighted by Crippen LogP contribution is 2.33. The third-order valence-corrected chi connectivity index (χ3v) is 2.35. The SMILES string of the molecule is COCC(NN)c1c(OC)cccc1OC. The standard InChI is InChI=1S/C11H18N2O3/c1-14-7-8(13-12)11-9(15-2)5-4-6-10(11)16-3/h4-6,8,13H,7,12H2,1-3H3. The van der Waals surface area contributed by atoms with Crippen LogP contribution in [-0.4, -0.2) is 27.9 Å². The minimum absolute atomic E-state index is 0.170. The molecule has 16 heavy (non-hydrogen) atoms. The number of nitrogens with two attached hydrogens (primary N) is 1. The van der Waals surface area contributed by atoms with Crippen molar-refractivity contribution in [3.05, 3.63) is 23.8 Å². The molecule has 3 N–H and O–H groups in total. The van der Waals surface area contributed by atoms with Crippen molar-refractivity contribution in [2.75, 3.05) is 27.9 Å². The number of nitrogens with one attached hydrogen (secondary N) is 1. The van der Waals surface area contributed by atoms with Crippen molar-refractivity contribution < 1.29 is 14.2 Å². The van der Waals surface area contributed by atoms with Crippen molar-refractivity contribution in [3.8, 4) is 11.5 Å². The summed E-state index contributed by atoms with van der Waals surface area (Å²) in [7, 11) is 4.84. The van der Waals surface area contributed by atoms with Crippen molar-refractivity contribution in [2.45, 2.75) is 6.04 Å². The predicted octanol–water partition coefficient (Wildman–Crippen LogP) is 0.855. The zero-order valence-corrected chi connectivity index (χ0v) is 9.82. The maximum atomic E-state index is 5.50. The highest BCUT2D eigenvalue weighted by Gasteiger charge is 2.19. The Hall–Kier alpha value is -1.30. The Morgan fingerprint density at radius 3 is 2.12 bits per heavy atom. The van der Waals surface area contributed by atoms with Gasteiger partial charge in [0.25, 0.3) is 0 Å². The largest absolute Gasteiger partial charge is 0.496 e. The molecular weight excluding hydrogens is 208 g/mol. The van der Waals surface area contributed by atoms with E-state index in [9.17, 15) is 0 Å². The number of hydrogen-bond donors (Lipinski definition) is 2. The first kappa shape index (κ1) is 12.8. The van der Waals surface area contributed by atoms with Gasteiger partial charge in [0.15, 0.2) is 0 Å². The van der Waals surface area contributed by atoms with Gasteiger partial charge in [-0.15, -0.1) is 0 Å². The average Bonchev–Trinajstić information content (AvgIpc) is 2.35. The van der Waals surface area contributed by atoms with E-state index in [4.69, 9.17) is 20.1 Å². The summed E-state index contributed by atoms with van der Waals surface area (Å²) in [6.45, 7) is 0.438. The fourth-order valence-electron chi connectivity index (χ4n) is 1.60. The molecule has 90 valence electrons. The maximum absolute atomic E-state index is 5.50. The van der Waals surface area contributed by atoms with E-state index in [0.29, 0.717) is 6.61 Å². The maximum Gasteiger partial charge on any atom is 0.127 e. The lowest BCUT2D eigenvalue weighted by Crippen LogP contribution is -2.31. The van der Waals surface area contributed by atoms with Crippen LogP contribution < -0.4 is 20.7 Å². The number of methoxy groups -OCH3 is 3. The van der Waals surface area contributed by atoms with E-state index in [1.807, 2.05) is 18.2 Å². The second kappa shape index (κ2) is 6.32. The van der Waals surface area contributed by atoms with E-state index < -0.39 is 0 Å². The Morgan fingerprint density at radius 2 is 1.75 bits per heavy atom. The topological polar surface area (TPSA) is 65.7 Å². The summed E-state index contributed by atoms with van der Waals surface area (Å²) in [5, 5.41) is 0. The van der Waals surface area contributed by atoms with Crippen LogP contribution in [0.25, 0.3) is 0 Å². The molecule has 1 unspecified atom stereocenters. The number of hydrogen-bond acceptors (Lipinski definition) is 5. The van der Waals surface area contributed by atoms with Gasteiger partial charge in [-0.2, -0.15) is 0 Å². The first-order chi connectivity index (χ1) is 7.78. The van der Waals surface area contributed by atoms with Crippen molar-refractivity contribution >= 4 is 0 Å². The summed E-state index contributed by atoms with van der Waals surface area (Å²) in [6, 6.07) is 5.41. The third-order valence-electron chi connectivity index (χ3n) is 2.35. The van der Waals surface area contributed by atoms with Gasteiger partial charge in [0.05, 0.1) is 32.4 Å². The molecule has 0 aliphatic heterocycles. The molecule has 1 atom stereocenters. The van der Waals surface area contributed by atoms with Crippen LogP contribution in [0.1, 0.15) is 11.6 Å². The van der Waals surface area contributed by atoms with Crippen LogP contribution in [0, 0.1) is 0 Å². The van der Waals surface area contributed by atoms with Crippen LogP contribution in [0.3, 0.4) is 0 Å². The summed E-state index contributed by atoms with van der Waals surface area (Å²) >= 11 is 0. The van der Waals surface area contributed by atoms with Crippen molar-refractivity contribution in [1.29, 1.82) is 0 Å². The molecule has 0 aliphatic carbocycles. The van der Waals surface area contributed by atoms with Gasteiger partial charge in [0.1, 0.15) is 11.5 Å². The zero-order valence-electron chi connectivity index (χ0n) is 9.82. The molecule has 0 spiro atoms. The molecular formula is C11H18N2O3. The molecule has 0 radical (unpaired) electrons. The first-order valence-electron chi connectivity index (χ1n) is 4.94. The van der Waals surface area contributed by atoms with Gasteiger partial charge >= 0.3 is 0 Å². The van der Waals surface area contributed by atoms with Crippen LogP contribution in [0.15, 0.2) is 18.2 Å². The molecule has 0 aromatic heterocycles. The molecule has 0 aliphatic rings. The average molecular weight is 226 g/mol. The first-order valence-corrected chi connectivity index (χ1v) is 4.94. The molecule has 1 aromatic rings. The van der Waals surface area contributed by atoms with Gasteiger partial charge in [-0.05, 0) is 12.1 Å². The zero-order chi connectivity index (χ0) is 12.0. The summed E-state index contributed by atoms with van der Waals surface area (Å²) < 4.78 is 15.7. The summed E-state index contributed by atoms with van der Waals surface area (Å²) in [5.41, 5.74) is 3.54. The van der Waals surface area contributed by atoms with E-state index in [-0.39, 0.29) is 6.04 Å². The minimum atomic E-state index is -0.170. The lowest BCUT2D eigenvalue weighted by atomic mass is 10.1. The monoisotopic (exact) mass is 226 g/mol. The molecule has 0 saturated carbocycles. The van der Waals surface area contributed by atoms with Gasteiger partial charge in [-0.25, -0.2) is 0 Å². The number of benzene rings is 1. The molecule has 0 saturated heterocycles. The molecule has 0 bridgehead atoms. The molecule has 0 heterocycles. The fourth-order valence-corrected chi connectivity index (χ4v) is 1.60. The Labute approximate surface area is 95.5 Å². The van der Waals surface area contributed by atoms with Gasteiger partial charge in [0.2, 0.25) is 0 Å². The Bertz CT molecular complexity index is 309. The lowest BCUT2D eigenvalue weighted by Gasteiger charge is -2.20. The van der Waals surface area contributed by atoms with Crippen LogP contribution in [0.4, 0.5) is 0 Å². The Balaban J connectivity index is 3.14. The van der Waals surface area contributed by atoms with Crippen LogP contribution in [-0.2, 0) is 4.74 Å². The normalized spacial score (nSPS) is 12.2. The van der Waals surface area contributed by atoms with E-state index >= 15 is 0 Å². The highest BCUT2D eigenvalue weighted by atomic mass is 16.5. The highest BCUT2D eigenvalue weighted by molar-refractivity contribution is 5.47. The second-order valence-electron chi connectivity index (χ2n) is 3.25. The Kier molecular flexibility index (Phi) is 5.04. The van der Waals surface area contributed by atoms with Crippen LogP contribution in [0.2, 0.25) is 0 Å². The van der Waals surface area contributed by atoms with E-state index in [1.54, 1.807) is 21.3 Å². The van der Waals surface area contributed by atoms with Crippen LogP contribution in [0.5, 0.6) is 11.5 Å². The minimum Gasteiger partial charge on any atom is -0.496 e. The second-order valence-corrected chi connectivity index (χ2v) is 3.25. The molecule has 5 heteroatoms. The molecule has 0 fully saturated rings. The summed E-state index contributed by atoms with van der Waals surface area (Å²) in [5.74, 6) is 6.94. The summed E-state index contributed by atoms with van der Waals surface area (Å²) in [4.78, 5) is 0. The van der Waals surface area contributed by atoms with Gasteiger partial charge < -0.3 is 14.2 Å². The summed E-state index contributed by atoms with van der Waals surface area (Å²) in [6.07, 6.45) is 0. The number of ether oxygens (including phenoxy) is 3. The fraction of sp³-hybridized carbons (Fsp3) is 0.455. The van der Waals surface area contributed by atoms with Gasteiger partial charge in [-0.3, -0.25) is 11.3 Å². The number of hydrazine groups is 1.